The lowest BCUT2D eigenvalue weighted by Crippen LogP contribution is -2.61. The Hall–Kier alpha value is -3.12. The van der Waals surface area contributed by atoms with Gasteiger partial charge < -0.3 is 38.3 Å². The fraction of sp³-hybridized carbons (Fsp3) is 0.590. The van der Waals surface area contributed by atoms with Crippen LogP contribution in [-0.4, -0.2) is 68.0 Å². The van der Waals surface area contributed by atoms with Gasteiger partial charge in [-0.25, -0.2) is 4.79 Å². The van der Waals surface area contributed by atoms with E-state index in [1.54, 1.807) is 13.2 Å². The Labute approximate surface area is 307 Å². The van der Waals surface area contributed by atoms with Gasteiger partial charge in [-0.15, -0.1) is 0 Å². The molecule has 3 aliphatic carbocycles. The summed E-state index contributed by atoms with van der Waals surface area (Å²) in [5.74, 6) is 0.552. The molecule has 7 aliphatic rings. The zero-order chi connectivity index (χ0) is 35.5. The van der Waals surface area contributed by atoms with Gasteiger partial charge in [-0.1, -0.05) is 36.7 Å². The van der Waals surface area contributed by atoms with E-state index in [4.69, 9.17) is 25.8 Å². The molecule has 1 unspecified atom stereocenters. The van der Waals surface area contributed by atoms with Crippen LogP contribution >= 0.6 is 11.6 Å². The molecule has 6 atom stereocenters. The predicted molar refractivity (Wildman–Crippen MR) is 197 cm³/mol. The predicted octanol–water partition coefficient (Wildman–Crippen LogP) is 6.68. The summed E-state index contributed by atoms with van der Waals surface area (Å²) in [4.78, 5) is 29.5. The van der Waals surface area contributed by atoms with Gasteiger partial charge in [-0.3, -0.25) is 4.79 Å². The summed E-state index contributed by atoms with van der Waals surface area (Å²) in [6.45, 7) is 6.47. The van der Waals surface area contributed by atoms with E-state index in [2.05, 4.69) is 44.2 Å². The molecule has 2 saturated carbocycles. The van der Waals surface area contributed by atoms with Gasteiger partial charge in [0, 0.05) is 49.0 Å². The summed E-state index contributed by atoms with van der Waals surface area (Å²) < 4.78 is 36.7. The molecule has 0 radical (unpaired) electrons. The molecule has 0 aromatic heterocycles. The number of benzene rings is 2. The van der Waals surface area contributed by atoms with Crippen molar-refractivity contribution in [3.63, 3.8) is 0 Å². The third-order valence-electron chi connectivity index (χ3n) is 12.4. The highest BCUT2D eigenvalue weighted by atomic mass is 35.5. The van der Waals surface area contributed by atoms with Gasteiger partial charge in [0.1, 0.15) is 5.75 Å². The zero-order valence-electron chi connectivity index (χ0n) is 29.6. The molecule has 2 aromatic rings. The fourth-order valence-electron chi connectivity index (χ4n) is 9.74. The number of rotatable bonds is 3. The lowest BCUT2D eigenvalue weighted by atomic mass is 9.68. The van der Waals surface area contributed by atoms with Gasteiger partial charge in [-0.2, -0.15) is 10.6 Å². The molecule has 4 fully saturated rings. The lowest BCUT2D eigenvalue weighted by molar-refractivity contribution is 0.0130. The first kappa shape index (κ1) is 34.9. The summed E-state index contributed by atoms with van der Waals surface area (Å²) >= 11 is 6.45. The van der Waals surface area contributed by atoms with E-state index in [-0.39, 0.29) is 23.0 Å². The standard InChI is InChI=1S/C39H48ClN4O6S/c1-24-6-4-8-32(48-3)29-12-9-27(29)18-44-21-38(15-5-7-25-16-28(40)11-13-30(25)38)22-49-33-14-10-26(17-31(33)44)34(45)43-51(47)35(24)41-36(46)42-39-19-37(2,20-39)50-23-39/h4,8,10-11,13-14,16-17,24,27,29,32,35H,5-7,9,12,15,18-23H2,1-3H3,(H2,41,42,46)/q-1/b8-4+/t24-,27-,29+,32-,35?,37?,38-,39?/m0/s1. The quantitative estimate of drug-likeness (QED) is 0.267. The molecular weight excluding hydrogens is 688 g/mol. The van der Waals surface area contributed by atoms with Crippen molar-refractivity contribution < 1.29 is 28.0 Å². The van der Waals surface area contributed by atoms with Crippen molar-refractivity contribution in [2.75, 3.05) is 38.3 Å². The number of methoxy groups -OCH3 is 1. The number of fused-ring (bicyclic) bond motifs is 5. The Morgan fingerprint density at radius 2 is 2.00 bits per heavy atom. The Morgan fingerprint density at radius 3 is 2.75 bits per heavy atom. The molecule has 51 heavy (non-hydrogen) atoms. The van der Waals surface area contributed by atoms with Crippen molar-refractivity contribution in [3.8, 4) is 5.75 Å². The van der Waals surface area contributed by atoms with E-state index < -0.39 is 33.4 Å². The second kappa shape index (κ2) is 13.4. The van der Waals surface area contributed by atoms with Crippen molar-refractivity contribution in [1.82, 2.24) is 10.6 Å². The van der Waals surface area contributed by atoms with E-state index in [0.29, 0.717) is 37.0 Å². The zero-order valence-corrected chi connectivity index (χ0v) is 31.2. The Kier molecular flexibility index (Phi) is 9.17. The molecule has 2 saturated heterocycles. The van der Waals surface area contributed by atoms with Crippen molar-refractivity contribution in [3.05, 3.63) is 70.3 Å². The van der Waals surface area contributed by atoms with Crippen LogP contribution in [0.5, 0.6) is 5.75 Å². The number of anilines is 1. The number of aryl methyl sites for hydroxylation is 1. The van der Waals surface area contributed by atoms with Gasteiger partial charge in [-0.05, 0) is 110 Å². The van der Waals surface area contributed by atoms with Crippen molar-refractivity contribution in [1.29, 1.82) is 0 Å². The minimum atomic E-state index is -2.05. The number of carbonyl (C=O) groups excluding carboxylic acids is 2. The van der Waals surface area contributed by atoms with Crippen LogP contribution in [0.2, 0.25) is 5.02 Å². The topological polar surface area (TPSA) is 119 Å². The lowest BCUT2D eigenvalue weighted by Gasteiger charge is -2.46. The number of nitrogens with zero attached hydrogens (tertiary/aromatic N) is 2. The average molecular weight is 736 g/mol. The molecule has 1 spiro atoms. The van der Waals surface area contributed by atoms with Crippen molar-refractivity contribution >= 4 is 39.8 Å². The minimum Gasteiger partial charge on any atom is -0.490 e. The molecule has 9 rings (SSSR count). The van der Waals surface area contributed by atoms with Crippen LogP contribution in [0, 0.1) is 17.8 Å². The maximum absolute atomic E-state index is 13.9. The summed E-state index contributed by atoms with van der Waals surface area (Å²) in [5.41, 5.74) is 2.88. The third-order valence-corrected chi connectivity index (χ3v) is 14.0. The van der Waals surface area contributed by atoms with Gasteiger partial charge in [0.05, 0.1) is 36.1 Å². The number of halogens is 1. The number of hydrogen-bond acceptors (Lipinski definition) is 8. The van der Waals surface area contributed by atoms with Crippen LogP contribution in [0.3, 0.4) is 0 Å². The number of carbonyl (C=O) groups is 2. The van der Waals surface area contributed by atoms with E-state index in [1.165, 1.54) is 11.1 Å². The van der Waals surface area contributed by atoms with Gasteiger partial charge in [0.25, 0.3) is 5.91 Å². The first-order chi connectivity index (χ1) is 24.5. The van der Waals surface area contributed by atoms with Gasteiger partial charge in [0.15, 0.2) is 0 Å². The number of ether oxygens (including phenoxy) is 3. The molecule has 2 N–H and O–H groups in total. The number of hydrogen-bond donors (Lipinski definition) is 2. The van der Waals surface area contributed by atoms with Crippen LogP contribution in [0.15, 0.2) is 52.9 Å². The largest absolute Gasteiger partial charge is 0.490 e. The van der Waals surface area contributed by atoms with Gasteiger partial charge >= 0.3 is 6.03 Å². The van der Waals surface area contributed by atoms with Crippen molar-refractivity contribution in [2.24, 2.45) is 22.1 Å². The van der Waals surface area contributed by atoms with E-state index in [9.17, 15) is 13.8 Å². The molecule has 3 amide bonds. The highest BCUT2D eigenvalue weighted by Crippen LogP contribution is 2.51. The molecule has 4 heterocycles. The molecule has 2 aromatic carbocycles. The smallest absolute Gasteiger partial charge is 0.313 e. The highest BCUT2D eigenvalue weighted by molar-refractivity contribution is 7.75. The molecular formula is C39H48ClN4O6S-. The fourth-order valence-corrected chi connectivity index (χ4v) is 11.0. The van der Waals surface area contributed by atoms with E-state index in [1.807, 2.05) is 32.0 Å². The Morgan fingerprint density at radius 1 is 1.16 bits per heavy atom. The summed E-state index contributed by atoms with van der Waals surface area (Å²) in [6, 6.07) is 11.2. The molecule has 4 bridgehead atoms. The number of amides is 3. The van der Waals surface area contributed by atoms with Crippen LogP contribution in [0.4, 0.5) is 10.5 Å². The van der Waals surface area contributed by atoms with Crippen molar-refractivity contribution in [2.45, 2.75) is 93.2 Å². The maximum atomic E-state index is 13.9. The Balaban J connectivity index is 1.14. The van der Waals surface area contributed by atoms with Crippen LogP contribution in [-0.2, 0) is 36.1 Å². The monoisotopic (exact) mass is 735 g/mol. The molecule has 10 nitrogen and oxygen atoms in total. The summed E-state index contributed by atoms with van der Waals surface area (Å²) in [7, 11) is -0.292. The molecule has 274 valence electrons. The second-order valence-corrected chi connectivity index (χ2v) is 17.9. The van der Waals surface area contributed by atoms with Gasteiger partial charge in [0.2, 0.25) is 0 Å². The summed E-state index contributed by atoms with van der Waals surface area (Å²) in [5, 5.41) is 5.84. The number of urea groups is 1. The SMILES string of the molecule is CO[C@H]1/C=C/C[C@H](C)C(NC(=O)NC23COC(C)(C2)C3)[S-](=O)=NC(=O)c2ccc3c(c2)N(C[C@@H]2CC[C@H]21)C[C@@]1(CCCc2cc(Cl)ccc21)CO3. The van der Waals surface area contributed by atoms with Crippen LogP contribution in [0.1, 0.15) is 80.3 Å². The normalized spacial score (nSPS) is 36.7. The number of allylic oxidation sites excluding steroid dienone is 1. The van der Waals surface area contributed by atoms with Crippen LogP contribution < -0.4 is 20.3 Å². The Bertz CT molecular complexity index is 1840. The van der Waals surface area contributed by atoms with Crippen LogP contribution in [0.25, 0.3) is 0 Å². The first-order valence-electron chi connectivity index (χ1n) is 18.4. The van der Waals surface area contributed by atoms with E-state index >= 15 is 0 Å². The first-order valence-corrected chi connectivity index (χ1v) is 19.9. The third kappa shape index (κ3) is 6.57. The molecule has 12 heteroatoms. The summed E-state index contributed by atoms with van der Waals surface area (Å²) in [6.07, 6.45) is 11.3. The average Bonchev–Trinajstić information content (AvgIpc) is 3.52. The van der Waals surface area contributed by atoms with E-state index in [0.717, 1.165) is 74.5 Å². The second-order valence-electron chi connectivity index (χ2n) is 16.2. The number of nitrogens with one attached hydrogen (secondary N) is 2. The highest BCUT2D eigenvalue weighted by Gasteiger charge is 2.60. The maximum Gasteiger partial charge on any atom is 0.313 e. The minimum absolute atomic E-state index is 0.0785. The molecule has 4 aliphatic heterocycles.